The summed E-state index contributed by atoms with van der Waals surface area (Å²) >= 11 is 6.07. The number of benzene rings is 2. The lowest BCUT2D eigenvalue weighted by Gasteiger charge is -2.27. The van der Waals surface area contributed by atoms with E-state index in [9.17, 15) is 8.42 Å². The number of aryl methyl sites for hydroxylation is 1. The van der Waals surface area contributed by atoms with Gasteiger partial charge in [-0.1, -0.05) is 17.7 Å². The molecule has 0 unspecified atom stereocenters. The average Bonchev–Trinajstić information content (AvgIpc) is 2.77. The zero-order chi connectivity index (χ0) is 22.7. The summed E-state index contributed by atoms with van der Waals surface area (Å²) < 4.78 is 33.5. The largest absolute Gasteiger partial charge is 0.378 e. The zero-order valence-corrected chi connectivity index (χ0v) is 19.4. The van der Waals surface area contributed by atoms with Crippen molar-refractivity contribution in [2.75, 3.05) is 41.2 Å². The Morgan fingerprint density at radius 1 is 1.00 bits per heavy atom. The summed E-state index contributed by atoms with van der Waals surface area (Å²) in [6, 6.07) is 13.6. The van der Waals surface area contributed by atoms with Crippen molar-refractivity contribution in [2.45, 2.75) is 18.7 Å². The highest BCUT2D eigenvalue weighted by Crippen LogP contribution is 2.26. The molecule has 0 spiro atoms. The van der Waals surface area contributed by atoms with Gasteiger partial charge in [0.15, 0.2) is 0 Å². The number of hydrogen-bond acceptors (Lipinski definition) is 7. The minimum atomic E-state index is -3.75. The molecule has 2 N–H and O–H groups in total. The number of rotatable bonds is 6. The molecule has 3 aromatic rings. The Labute approximate surface area is 192 Å². The molecule has 0 saturated carbocycles. The smallest absolute Gasteiger partial charge is 0.262 e. The van der Waals surface area contributed by atoms with Gasteiger partial charge in [-0.3, -0.25) is 4.72 Å². The van der Waals surface area contributed by atoms with Crippen LogP contribution in [-0.4, -0.2) is 44.7 Å². The summed E-state index contributed by atoms with van der Waals surface area (Å²) in [5.74, 6) is 1.33. The van der Waals surface area contributed by atoms with Crippen molar-refractivity contribution < 1.29 is 13.2 Å². The lowest BCUT2D eigenvalue weighted by atomic mass is 10.2. The quantitative estimate of drug-likeness (QED) is 0.555. The van der Waals surface area contributed by atoms with Crippen molar-refractivity contribution in [1.82, 2.24) is 9.97 Å². The van der Waals surface area contributed by atoms with Gasteiger partial charge in [-0.2, -0.15) is 4.98 Å². The van der Waals surface area contributed by atoms with E-state index in [0.29, 0.717) is 41.3 Å². The Morgan fingerprint density at radius 3 is 2.41 bits per heavy atom. The van der Waals surface area contributed by atoms with E-state index in [1.807, 2.05) is 13.0 Å². The van der Waals surface area contributed by atoms with Crippen LogP contribution in [-0.2, 0) is 14.8 Å². The molecule has 4 rings (SSSR count). The molecule has 0 radical (unpaired) electrons. The van der Waals surface area contributed by atoms with Crippen LogP contribution in [0.5, 0.6) is 0 Å². The molecule has 168 valence electrons. The Balaban J connectivity index is 1.48. The van der Waals surface area contributed by atoms with E-state index in [1.165, 1.54) is 6.07 Å². The summed E-state index contributed by atoms with van der Waals surface area (Å²) in [7, 11) is -3.75. The first kappa shape index (κ1) is 22.3. The third kappa shape index (κ3) is 5.12. The standard InChI is InChI=1S/C22H24ClN5O3S/c1-15-14-21(26-22(24-15)28-10-12-31-13-11-28)25-17-6-8-18(9-7-17)27-32(29,30)20-5-3-4-19(23)16(20)2/h3-9,14,27H,10-13H2,1-2H3,(H,24,25,26). The summed E-state index contributed by atoms with van der Waals surface area (Å²) in [5.41, 5.74) is 2.58. The van der Waals surface area contributed by atoms with Gasteiger partial charge < -0.3 is 15.0 Å². The summed E-state index contributed by atoms with van der Waals surface area (Å²) in [6.07, 6.45) is 0. The first-order valence-electron chi connectivity index (χ1n) is 10.2. The van der Waals surface area contributed by atoms with Crippen molar-refractivity contribution >= 4 is 44.8 Å². The molecule has 0 amide bonds. The van der Waals surface area contributed by atoms with Crippen molar-refractivity contribution in [3.8, 4) is 0 Å². The molecule has 8 nitrogen and oxygen atoms in total. The van der Waals surface area contributed by atoms with Gasteiger partial charge in [0.25, 0.3) is 10.0 Å². The summed E-state index contributed by atoms with van der Waals surface area (Å²) in [5, 5.41) is 3.67. The number of nitrogens with one attached hydrogen (secondary N) is 2. The van der Waals surface area contributed by atoms with Crippen LogP contribution in [0.25, 0.3) is 0 Å². The van der Waals surface area contributed by atoms with E-state index < -0.39 is 10.0 Å². The molecule has 2 heterocycles. The molecule has 1 aliphatic heterocycles. The van der Waals surface area contributed by atoms with E-state index in [1.54, 1.807) is 43.3 Å². The van der Waals surface area contributed by atoms with Crippen LogP contribution >= 0.6 is 11.6 Å². The summed E-state index contributed by atoms with van der Waals surface area (Å²) in [6.45, 7) is 6.43. The van der Waals surface area contributed by atoms with Crippen LogP contribution in [0.15, 0.2) is 53.4 Å². The van der Waals surface area contributed by atoms with Gasteiger partial charge in [-0.15, -0.1) is 0 Å². The van der Waals surface area contributed by atoms with E-state index in [4.69, 9.17) is 16.3 Å². The Morgan fingerprint density at radius 2 is 1.69 bits per heavy atom. The molecular weight excluding hydrogens is 450 g/mol. The Kier molecular flexibility index (Phi) is 6.50. The highest BCUT2D eigenvalue weighted by atomic mass is 35.5. The van der Waals surface area contributed by atoms with Crippen molar-refractivity contribution in [1.29, 1.82) is 0 Å². The maximum Gasteiger partial charge on any atom is 0.262 e. The number of hydrogen-bond donors (Lipinski definition) is 2. The van der Waals surface area contributed by atoms with Gasteiger partial charge in [-0.25, -0.2) is 13.4 Å². The molecular formula is C22H24ClN5O3S. The van der Waals surface area contributed by atoms with E-state index >= 15 is 0 Å². The fourth-order valence-corrected chi connectivity index (χ4v) is 4.94. The predicted molar refractivity (Wildman–Crippen MR) is 127 cm³/mol. The average molecular weight is 474 g/mol. The first-order valence-corrected chi connectivity index (χ1v) is 12.0. The highest BCUT2D eigenvalue weighted by molar-refractivity contribution is 7.92. The molecule has 1 saturated heterocycles. The first-order chi connectivity index (χ1) is 15.3. The molecule has 0 aliphatic carbocycles. The number of aromatic nitrogens is 2. The van der Waals surface area contributed by atoms with Gasteiger partial charge in [0, 0.05) is 41.2 Å². The van der Waals surface area contributed by atoms with Gasteiger partial charge in [0.05, 0.1) is 18.1 Å². The summed E-state index contributed by atoms with van der Waals surface area (Å²) in [4.78, 5) is 11.4. The number of ether oxygens (including phenoxy) is 1. The second-order valence-corrected chi connectivity index (χ2v) is 9.52. The molecule has 10 heteroatoms. The number of nitrogens with zero attached hydrogens (tertiary/aromatic N) is 3. The molecule has 0 atom stereocenters. The van der Waals surface area contributed by atoms with E-state index in [2.05, 4.69) is 24.9 Å². The van der Waals surface area contributed by atoms with Crippen LogP contribution in [0, 0.1) is 13.8 Å². The third-order valence-electron chi connectivity index (χ3n) is 5.05. The second kappa shape index (κ2) is 9.32. The van der Waals surface area contributed by atoms with Crippen LogP contribution in [0.2, 0.25) is 5.02 Å². The maximum atomic E-state index is 12.8. The Bertz CT molecular complexity index is 1210. The fraction of sp³-hybridized carbons (Fsp3) is 0.273. The molecule has 32 heavy (non-hydrogen) atoms. The van der Waals surface area contributed by atoms with Gasteiger partial charge >= 0.3 is 0 Å². The van der Waals surface area contributed by atoms with E-state index in [0.717, 1.165) is 24.5 Å². The number of anilines is 4. The number of morpholine rings is 1. The van der Waals surface area contributed by atoms with Gasteiger partial charge in [0.1, 0.15) is 5.82 Å². The van der Waals surface area contributed by atoms with Crippen molar-refractivity contribution in [3.05, 3.63) is 64.8 Å². The van der Waals surface area contributed by atoms with Gasteiger partial charge in [0.2, 0.25) is 5.95 Å². The SMILES string of the molecule is Cc1cc(Nc2ccc(NS(=O)(=O)c3cccc(Cl)c3C)cc2)nc(N2CCOCC2)n1. The Hall–Kier alpha value is -2.88. The minimum absolute atomic E-state index is 0.152. The lowest BCUT2D eigenvalue weighted by molar-refractivity contribution is 0.122. The van der Waals surface area contributed by atoms with Crippen molar-refractivity contribution in [3.63, 3.8) is 0 Å². The zero-order valence-electron chi connectivity index (χ0n) is 17.8. The fourth-order valence-electron chi connectivity index (χ4n) is 3.38. The number of sulfonamides is 1. The topological polar surface area (TPSA) is 96.5 Å². The molecule has 1 aliphatic rings. The van der Waals surface area contributed by atoms with Crippen molar-refractivity contribution in [2.24, 2.45) is 0 Å². The molecule has 2 aromatic carbocycles. The number of halogens is 1. The molecule has 1 fully saturated rings. The highest BCUT2D eigenvalue weighted by Gasteiger charge is 2.18. The maximum absolute atomic E-state index is 12.8. The third-order valence-corrected chi connectivity index (χ3v) is 6.99. The normalized spacial score (nSPS) is 14.3. The van der Waals surface area contributed by atoms with Crippen LogP contribution in [0.1, 0.15) is 11.3 Å². The van der Waals surface area contributed by atoms with Crippen LogP contribution in [0.3, 0.4) is 0 Å². The predicted octanol–water partition coefficient (Wildman–Crippen LogP) is 4.13. The minimum Gasteiger partial charge on any atom is -0.378 e. The molecule has 1 aromatic heterocycles. The van der Waals surface area contributed by atoms with Crippen LogP contribution < -0.4 is 14.9 Å². The van der Waals surface area contributed by atoms with Gasteiger partial charge in [-0.05, 0) is 55.8 Å². The van der Waals surface area contributed by atoms with Crippen LogP contribution in [0.4, 0.5) is 23.1 Å². The molecule has 0 bridgehead atoms. The second-order valence-electron chi connectivity index (χ2n) is 7.46. The lowest BCUT2D eigenvalue weighted by Crippen LogP contribution is -2.37. The van der Waals surface area contributed by atoms with E-state index in [-0.39, 0.29) is 4.90 Å². The monoisotopic (exact) mass is 473 g/mol.